The van der Waals surface area contributed by atoms with E-state index in [4.69, 9.17) is 21.4 Å². The zero-order valence-corrected chi connectivity index (χ0v) is 16.5. The van der Waals surface area contributed by atoms with Gasteiger partial charge in [-0.25, -0.2) is 0 Å². The van der Waals surface area contributed by atoms with Crippen LogP contribution in [0.5, 0.6) is 5.75 Å². The van der Waals surface area contributed by atoms with Gasteiger partial charge in [-0.05, 0) is 44.9 Å². The number of likely N-dealkylation sites (tertiary alicyclic amines) is 1. The number of likely N-dealkylation sites (N-methyl/N-ethyl adjacent to an activating group) is 1. The van der Waals surface area contributed by atoms with Crippen molar-refractivity contribution in [3.63, 3.8) is 0 Å². The number of carboxylic acids is 1. The summed E-state index contributed by atoms with van der Waals surface area (Å²) in [6.45, 7) is 3.96. The predicted molar refractivity (Wildman–Crippen MR) is 101 cm³/mol. The second kappa shape index (κ2) is 8.61. The summed E-state index contributed by atoms with van der Waals surface area (Å²) in [5.41, 5.74) is -1.17. The molecule has 1 aliphatic rings. The number of amides is 2. The molecule has 148 valence electrons. The quantitative estimate of drug-likeness (QED) is 0.797. The van der Waals surface area contributed by atoms with Crippen LogP contribution in [0.2, 0.25) is 5.02 Å². The molecule has 27 heavy (non-hydrogen) atoms. The number of halogens is 1. The maximum absolute atomic E-state index is 12.7. The summed E-state index contributed by atoms with van der Waals surface area (Å²) >= 11 is 5.94. The summed E-state index contributed by atoms with van der Waals surface area (Å²) in [6.07, 6.45) is 0.865. The molecule has 1 aliphatic heterocycles. The van der Waals surface area contributed by atoms with Crippen LogP contribution in [0, 0.1) is 5.92 Å². The van der Waals surface area contributed by atoms with Gasteiger partial charge in [-0.1, -0.05) is 17.7 Å². The molecular weight excluding hydrogens is 372 g/mol. The van der Waals surface area contributed by atoms with Crippen LogP contribution in [0.1, 0.15) is 26.7 Å². The monoisotopic (exact) mass is 396 g/mol. The maximum Gasteiger partial charge on any atom is 0.306 e. The van der Waals surface area contributed by atoms with Crippen molar-refractivity contribution in [3.05, 3.63) is 29.3 Å². The first-order valence-electron chi connectivity index (χ1n) is 8.81. The minimum atomic E-state index is -1.17. The Kier molecular flexibility index (Phi) is 6.70. The van der Waals surface area contributed by atoms with Gasteiger partial charge in [-0.15, -0.1) is 0 Å². The second-order valence-corrected chi connectivity index (χ2v) is 7.66. The van der Waals surface area contributed by atoms with E-state index in [9.17, 15) is 14.4 Å². The van der Waals surface area contributed by atoms with E-state index in [1.54, 1.807) is 50.1 Å². The highest BCUT2D eigenvalue weighted by molar-refractivity contribution is 6.30. The van der Waals surface area contributed by atoms with Crippen molar-refractivity contribution in [1.82, 2.24) is 9.80 Å². The summed E-state index contributed by atoms with van der Waals surface area (Å²) in [4.78, 5) is 39.1. The molecule has 1 aromatic carbocycles. The van der Waals surface area contributed by atoms with Gasteiger partial charge in [0.1, 0.15) is 5.75 Å². The lowest BCUT2D eigenvalue weighted by Crippen LogP contribution is -2.51. The number of hydrogen-bond donors (Lipinski definition) is 1. The topological polar surface area (TPSA) is 87.2 Å². The number of benzene rings is 1. The van der Waals surface area contributed by atoms with Crippen LogP contribution in [-0.2, 0) is 14.4 Å². The molecule has 0 spiro atoms. The van der Waals surface area contributed by atoms with E-state index in [0.29, 0.717) is 36.7 Å². The molecule has 0 atom stereocenters. The van der Waals surface area contributed by atoms with E-state index in [1.165, 1.54) is 4.90 Å². The van der Waals surface area contributed by atoms with Gasteiger partial charge in [0.2, 0.25) is 5.91 Å². The second-order valence-electron chi connectivity index (χ2n) is 7.22. The van der Waals surface area contributed by atoms with Gasteiger partial charge in [0, 0.05) is 25.2 Å². The van der Waals surface area contributed by atoms with Crippen LogP contribution in [0.15, 0.2) is 24.3 Å². The Bertz CT molecular complexity index is 714. The Labute approximate surface area is 163 Å². The molecule has 1 saturated heterocycles. The third-order valence-corrected chi connectivity index (χ3v) is 4.84. The van der Waals surface area contributed by atoms with Crippen molar-refractivity contribution >= 4 is 29.4 Å². The fraction of sp³-hybridized carbons (Fsp3) is 0.526. The van der Waals surface area contributed by atoms with E-state index in [2.05, 4.69) is 0 Å². The molecule has 2 amide bonds. The van der Waals surface area contributed by atoms with E-state index in [-0.39, 0.29) is 18.4 Å². The molecule has 1 fully saturated rings. The molecule has 1 N–H and O–H groups in total. The average molecular weight is 397 g/mol. The number of carbonyl (C=O) groups is 3. The Balaban J connectivity index is 1.92. The van der Waals surface area contributed by atoms with Crippen LogP contribution in [0.25, 0.3) is 0 Å². The molecule has 7 nitrogen and oxygen atoms in total. The first kappa shape index (κ1) is 21.0. The summed E-state index contributed by atoms with van der Waals surface area (Å²) in [7, 11) is 1.55. The lowest BCUT2D eigenvalue weighted by Gasteiger charge is -2.33. The lowest BCUT2D eigenvalue weighted by atomic mass is 9.97. The van der Waals surface area contributed by atoms with Crippen molar-refractivity contribution in [2.75, 3.05) is 26.7 Å². The highest BCUT2D eigenvalue weighted by Gasteiger charge is 2.35. The average Bonchev–Trinajstić information content (AvgIpc) is 2.60. The van der Waals surface area contributed by atoms with Gasteiger partial charge in [-0.2, -0.15) is 0 Å². The molecule has 0 aliphatic carbocycles. The molecule has 1 heterocycles. The van der Waals surface area contributed by atoms with Crippen molar-refractivity contribution < 1.29 is 24.2 Å². The number of aliphatic carboxylic acids is 1. The first-order chi connectivity index (χ1) is 12.6. The summed E-state index contributed by atoms with van der Waals surface area (Å²) in [5.74, 6) is -1.30. The normalized spacial score (nSPS) is 15.3. The smallest absolute Gasteiger partial charge is 0.306 e. The van der Waals surface area contributed by atoms with Gasteiger partial charge in [0.25, 0.3) is 5.91 Å². The van der Waals surface area contributed by atoms with Crippen LogP contribution < -0.4 is 4.74 Å². The third kappa shape index (κ3) is 5.60. The molecule has 8 heteroatoms. The van der Waals surface area contributed by atoms with E-state index >= 15 is 0 Å². The third-order valence-electron chi connectivity index (χ3n) is 4.60. The lowest BCUT2D eigenvalue weighted by molar-refractivity contribution is -0.150. The largest absolute Gasteiger partial charge is 0.481 e. The Morgan fingerprint density at radius 3 is 2.48 bits per heavy atom. The standard InChI is InChI=1S/C19H25ClN2O5/c1-19(2,27-15-6-4-5-14(20)11-15)18(26)21(3)12-16(23)22-9-7-13(8-10-22)17(24)25/h4-6,11,13H,7-10,12H2,1-3H3,(H,24,25). The van der Waals surface area contributed by atoms with Gasteiger partial charge in [0.05, 0.1) is 12.5 Å². The minimum Gasteiger partial charge on any atom is -0.481 e. The summed E-state index contributed by atoms with van der Waals surface area (Å²) in [6, 6.07) is 6.76. The number of piperidine rings is 1. The fourth-order valence-electron chi connectivity index (χ4n) is 3.08. The van der Waals surface area contributed by atoms with Crippen molar-refractivity contribution in [2.24, 2.45) is 5.92 Å². The van der Waals surface area contributed by atoms with Crippen molar-refractivity contribution in [3.8, 4) is 5.75 Å². The summed E-state index contributed by atoms with van der Waals surface area (Å²) < 4.78 is 5.77. The van der Waals surface area contributed by atoms with Crippen LogP contribution >= 0.6 is 11.6 Å². The molecule has 2 rings (SSSR count). The van der Waals surface area contributed by atoms with Crippen LogP contribution in [0.4, 0.5) is 0 Å². The number of hydrogen-bond acceptors (Lipinski definition) is 4. The maximum atomic E-state index is 12.7. The Hall–Kier alpha value is -2.28. The molecule has 0 radical (unpaired) electrons. The zero-order valence-electron chi connectivity index (χ0n) is 15.8. The number of rotatable bonds is 6. The van der Waals surface area contributed by atoms with Gasteiger partial charge in [-0.3, -0.25) is 14.4 Å². The molecule has 1 aromatic rings. The van der Waals surface area contributed by atoms with E-state index in [1.807, 2.05) is 0 Å². The number of ether oxygens (including phenoxy) is 1. The van der Waals surface area contributed by atoms with Crippen LogP contribution in [-0.4, -0.2) is 65.0 Å². The first-order valence-corrected chi connectivity index (χ1v) is 9.18. The van der Waals surface area contributed by atoms with E-state index in [0.717, 1.165) is 0 Å². The number of nitrogens with zero attached hydrogens (tertiary/aromatic N) is 2. The Morgan fingerprint density at radius 2 is 1.93 bits per heavy atom. The van der Waals surface area contributed by atoms with Gasteiger partial charge < -0.3 is 19.6 Å². The Morgan fingerprint density at radius 1 is 1.30 bits per heavy atom. The minimum absolute atomic E-state index is 0.0844. The summed E-state index contributed by atoms with van der Waals surface area (Å²) in [5, 5.41) is 9.53. The van der Waals surface area contributed by atoms with Crippen molar-refractivity contribution in [1.29, 1.82) is 0 Å². The highest BCUT2D eigenvalue weighted by Crippen LogP contribution is 2.23. The van der Waals surface area contributed by atoms with Crippen LogP contribution in [0.3, 0.4) is 0 Å². The van der Waals surface area contributed by atoms with Crippen molar-refractivity contribution in [2.45, 2.75) is 32.3 Å². The molecular formula is C19H25ClN2O5. The predicted octanol–water partition coefficient (Wildman–Crippen LogP) is 2.28. The van der Waals surface area contributed by atoms with Gasteiger partial charge >= 0.3 is 5.97 Å². The number of carbonyl (C=O) groups excluding carboxylic acids is 2. The van der Waals surface area contributed by atoms with E-state index < -0.39 is 17.5 Å². The molecule has 0 aromatic heterocycles. The molecule has 0 unspecified atom stereocenters. The fourth-order valence-corrected chi connectivity index (χ4v) is 3.26. The SMILES string of the molecule is CN(CC(=O)N1CCC(C(=O)O)CC1)C(=O)C(C)(C)Oc1cccc(Cl)c1. The van der Waals surface area contributed by atoms with Gasteiger partial charge in [0.15, 0.2) is 5.60 Å². The highest BCUT2D eigenvalue weighted by atomic mass is 35.5. The molecule has 0 saturated carbocycles. The molecule has 0 bridgehead atoms. The number of carboxylic acid groups (broad SMARTS) is 1. The zero-order chi connectivity index (χ0) is 20.2.